The van der Waals surface area contributed by atoms with Crippen molar-refractivity contribution in [3.63, 3.8) is 0 Å². The molecule has 19 heavy (non-hydrogen) atoms. The lowest BCUT2D eigenvalue weighted by molar-refractivity contribution is 0.00890. The minimum Gasteiger partial charge on any atom is -0.459 e. The first-order chi connectivity index (χ1) is 8.97. The number of hydrogen-bond donors (Lipinski definition) is 1. The van der Waals surface area contributed by atoms with Crippen LogP contribution in [0.3, 0.4) is 0 Å². The molecule has 0 saturated heterocycles. The Morgan fingerprint density at radius 1 is 1.32 bits per heavy atom. The standard InChI is InChI=1S/C15H20ClNO2/c1-9-3-5-12(7-10(9)2)19-15(18)13-6-4-11(16)8-14(13)17/h4,6,8-10,12H,3,5,7,17H2,1-2H3. The number of carbonyl (C=O) groups is 1. The summed E-state index contributed by atoms with van der Waals surface area (Å²) in [5, 5.41) is 0.522. The van der Waals surface area contributed by atoms with Crippen LogP contribution in [0.1, 0.15) is 43.5 Å². The van der Waals surface area contributed by atoms with Crippen molar-refractivity contribution in [3.05, 3.63) is 28.8 Å². The van der Waals surface area contributed by atoms with Crippen molar-refractivity contribution in [2.24, 2.45) is 11.8 Å². The van der Waals surface area contributed by atoms with Gasteiger partial charge in [-0.15, -0.1) is 0 Å². The molecular formula is C15H20ClNO2. The molecule has 2 rings (SSSR count). The Labute approximate surface area is 119 Å². The van der Waals surface area contributed by atoms with Crippen LogP contribution in [0.15, 0.2) is 18.2 Å². The highest BCUT2D eigenvalue weighted by molar-refractivity contribution is 6.31. The van der Waals surface area contributed by atoms with E-state index in [0.717, 1.165) is 19.3 Å². The molecule has 2 N–H and O–H groups in total. The van der Waals surface area contributed by atoms with Crippen molar-refractivity contribution in [2.75, 3.05) is 5.73 Å². The predicted octanol–water partition coefficient (Wildman–Crippen LogP) is 3.90. The second kappa shape index (κ2) is 5.83. The fourth-order valence-corrected chi connectivity index (χ4v) is 2.72. The van der Waals surface area contributed by atoms with E-state index >= 15 is 0 Å². The van der Waals surface area contributed by atoms with Gasteiger partial charge in [-0.3, -0.25) is 0 Å². The smallest absolute Gasteiger partial charge is 0.340 e. The summed E-state index contributed by atoms with van der Waals surface area (Å²) in [7, 11) is 0. The van der Waals surface area contributed by atoms with Crippen molar-refractivity contribution in [1.82, 2.24) is 0 Å². The Morgan fingerprint density at radius 3 is 2.68 bits per heavy atom. The Hall–Kier alpha value is -1.22. The molecule has 1 aliphatic carbocycles. The summed E-state index contributed by atoms with van der Waals surface area (Å²) in [4.78, 5) is 12.1. The van der Waals surface area contributed by atoms with Gasteiger partial charge in [-0.25, -0.2) is 4.79 Å². The number of rotatable bonds is 2. The number of esters is 1. The van der Waals surface area contributed by atoms with Crippen LogP contribution in [-0.2, 0) is 4.74 Å². The Kier molecular flexibility index (Phi) is 4.35. The number of ether oxygens (including phenoxy) is 1. The number of nitrogen functional groups attached to an aromatic ring is 1. The Balaban J connectivity index is 2.01. The molecule has 1 saturated carbocycles. The summed E-state index contributed by atoms with van der Waals surface area (Å²) < 4.78 is 5.55. The van der Waals surface area contributed by atoms with E-state index in [1.165, 1.54) is 0 Å². The molecule has 104 valence electrons. The predicted molar refractivity (Wildman–Crippen MR) is 77.2 cm³/mol. The molecule has 1 aromatic carbocycles. The van der Waals surface area contributed by atoms with Gasteiger partial charge in [0.15, 0.2) is 0 Å². The van der Waals surface area contributed by atoms with Gasteiger partial charge in [0.25, 0.3) is 0 Å². The third-order valence-electron chi connectivity index (χ3n) is 4.06. The second-order valence-corrected chi connectivity index (χ2v) is 5.96. The maximum Gasteiger partial charge on any atom is 0.340 e. The first-order valence-corrected chi connectivity index (χ1v) is 7.11. The van der Waals surface area contributed by atoms with Crippen LogP contribution in [0.5, 0.6) is 0 Å². The summed E-state index contributed by atoms with van der Waals surface area (Å²) in [5.74, 6) is 0.950. The number of hydrogen-bond acceptors (Lipinski definition) is 3. The quantitative estimate of drug-likeness (QED) is 0.661. The first-order valence-electron chi connectivity index (χ1n) is 6.73. The molecule has 3 unspecified atom stereocenters. The molecule has 1 aromatic rings. The summed E-state index contributed by atoms with van der Waals surface area (Å²) in [5.41, 5.74) is 6.56. The van der Waals surface area contributed by atoms with Crippen molar-refractivity contribution in [2.45, 2.75) is 39.2 Å². The van der Waals surface area contributed by atoms with E-state index in [-0.39, 0.29) is 12.1 Å². The van der Waals surface area contributed by atoms with E-state index in [1.807, 2.05) is 0 Å². The fourth-order valence-electron chi connectivity index (χ4n) is 2.54. The fraction of sp³-hybridized carbons (Fsp3) is 0.533. The highest BCUT2D eigenvalue weighted by Crippen LogP contribution is 2.31. The minimum absolute atomic E-state index is 0.00813. The molecule has 0 radical (unpaired) electrons. The summed E-state index contributed by atoms with van der Waals surface area (Å²) in [6, 6.07) is 4.85. The lowest BCUT2D eigenvalue weighted by Gasteiger charge is -2.31. The van der Waals surface area contributed by atoms with Crippen LogP contribution < -0.4 is 5.73 Å². The van der Waals surface area contributed by atoms with Gasteiger partial charge >= 0.3 is 5.97 Å². The molecule has 0 aromatic heterocycles. The SMILES string of the molecule is CC1CCC(OC(=O)c2ccc(Cl)cc2N)CC1C. The van der Waals surface area contributed by atoms with Gasteiger partial charge in [0.2, 0.25) is 0 Å². The molecule has 4 heteroatoms. The van der Waals surface area contributed by atoms with Gasteiger partial charge in [-0.2, -0.15) is 0 Å². The molecule has 1 aliphatic rings. The molecule has 0 heterocycles. The number of benzene rings is 1. The maximum absolute atomic E-state index is 12.1. The van der Waals surface area contributed by atoms with Crippen LogP contribution in [-0.4, -0.2) is 12.1 Å². The van der Waals surface area contributed by atoms with Crippen LogP contribution in [0.4, 0.5) is 5.69 Å². The van der Waals surface area contributed by atoms with E-state index in [4.69, 9.17) is 22.1 Å². The summed E-state index contributed by atoms with van der Waals surface area (Å²) >= 11 is 5.82. The minimum atomic E-state index is -0.346. The van der Waals surface area contributed by atoms with E-state index in [0.29, 0.717) is 28.1 Å². The summed E-state index contributed by atoms with van der Waals surface area (Å²) in [6.07, 6.45) is 2.98. The number of halogens is 1. The van der Waals surface area contributed by atoms with Crippen LogP contribution in [0.25, 0.3) is 0 Å². The van der Waals surface area contributed by atoms with Gasteiger partial charge < -0.3 is 10.5 Å². The third kappa shape index (κ3) is 3.41. The second-order valence-electron chi connectivity index (χ2n) is 5.53. The van der Waals surface area contributed by atoms with Crippen LogP contribution >= 0.6 is 11.6 Å². The number of nitrogens with two attached hydrogens (primary N) is 1. The Morgan fingerprint density at radius 2 is 2.05 bits per heavy atom. The van der Waals surface area contributed by atoms with Crippen LogP contribution in [0.2, 0.25) is 5.02 Å². The molecule has 1 fully saturated rings. The monoisotopic (exact) mass is 281 g/mol. The lowest BCUT2D eigenvalue weighted by Crippen LogP contribution is -2.28. The van der Waals surface area contributed by atoms with Gasteiger partial charge in [-0.05, 0) is 49.3 Å². The zero-order valence-corrected chi connectivity index (χ0v) is 12.1. The van der Waals surface area contributed by atoms with Crippen LogP contribution in [0, 0.1) is 11.8 Å². The third-order valence-corrected chi connectivity index (χ3v) is 4.29. The molecule has 0 amide bonds. The highest BCUT2D eigenvalue weighted by atomic mass is 35.5. The normalized spacial score (nSPS) is 27.0. The first kappa shape index (κ1) is 14.2. The van der Waals surface area contributed by atoms with Gasteiger partial charge in [0, 0.05) is 10.7 Å². The zero-order valence-electron chi connectivity index (χ0n) is 11.4. The Bertz CT molecular complexity index is 475. The molecule has 0 spiro atoms. The van der Waals surface area contributed by atoms with Crippen molar-refractivity contribution >= 4 is 23.3 Å². The van der Waals surface area contributed by atoms with Gasteiger partial charge in [0.1, 0.15) is 6.10 Å². The van der Waals surface area contributed by atoms with E-state index < -0.39 is 0 Å². The largest absolute Gasteiger partial charge is 0.459 e. The van der Waals surface area contributed by atoms with Gasteiger partial charge in [-0.1, -0.05) is 25.4 Å². The maximum atomic E-state index is 12.1. The zero-order chi connectivity index (χ0) is 14.0. The molecule has 0 aliphatic heterocycles. The van der Waals surface area contributed by atoms with Crippen molar-refractivity contribution in [3.8, 4) is 0 Å². The van der Waals surface area contributed by atoms with Crippen molar-refractivity contribution < 1.29 is 9.53 Å². The van der Waals surface area contributed by atoms with Crippen molar-refractivity contribution in [1.29, 1.82) is 0 Å². The number of anilines is 1. The van der Waals surface area contributed by atoms with E-state index in [2.05, 4.69) is 13.8 Å². The average Bonchev–Trinajstić information content (AvgIpc) is 2.33. The molecular weight excluding hydrogens is 262 g/mol. The molecule has 0 bridgehead atoms. The molecule has 3 atom stereocenters. The van der Waals surface area contributed by atoms with E-state index in [1.54, 1.807) is 18.2 Å². The average molecular weight is 282 g/mol. The van der Waals surface area contributed by atoms with Gasteiger partial charge in [0.05, 0.1) is 5.56 Å². The lowest BCUT2D eigenvalue weighted by atomic mass is 9.80. The topological polar surface area (TPSA) is 52.3 Å². The highest BCUT2D eigenvalue weighted by Gasteiger charge is 2.27. The number of carbonyl (C=O) groups excluding carboxylic acids is 1. The molecule has 3 nitrogen and oxygen atoms in total. The van der Waals surface area contributed by atoms with E-state index in [9.17, 15) is 4.79 Å². The summed E-state index contributed by atoms with van der Waals surface area (Å²) in [6.45, 7) is 4.46.